The summed E-state index contributed by atoms with van der Waals surface area (Å²) in [6.07, 6.45) is 3.20. The Hall–Kier alpha value is -1.91. The topological polar surface area (TPSA) is 49.3 Å². The lowest BCUT2D eigenvalue weighted by molar-refractivity contribution is -0.117. The normalized spacial score (nSPS) is 12.3. The Bertz CT molecular complexity index is 626. The molecule has 2 N–H and O–H groups in total. The Kier molecular flexibility index (Phi) is 5.72. The SMILES string of the molecule is O=C(/C=C/c1cccc(Br)c1)N[C@H](CO)c1ccccc1. The Morgan fingerprint density at radius 2 is 1.95 bits per heavy atom. The molecule has 4 heteroatoms. The smallest absolute Gasteiger partial charge is 0.244 e. The van der Waals surface area contributed by atoms with E-state index < -0.39 is 6.04 Å². The molecule has 2 aromatic carbocycles. The lowest BCUT2D eigenvalue weighted by Crippen LogP contribution is -2.29. The molecular formula is C17H16BrNO2. The fourth-order valence-electron chi connectivity index (χ4n) is 1.92. The number of hydrogen-bond donors (Lipinski definition) is 2. The quantitative estimate of drug-likeness (QED) is 0.816. The number of aliphatic hydroxyl groups is 1. The van der Waals surface area contributed by atoms with E-state index in [1.807, 2.05) is 54.6 Å². The maximum absolute atomic E-state index is 11.9. The Morgan fingerprint density at radius 1 is 1.19 bits per heavy atom. The van der Waals surface area contributed by atoms with Crippen molar-refractivity contribution in [2.24, 2.45) is 0 Å². The molecule has 0 saturated carbocycles. The summed E-state index contributed by atoms with van der Waals surface area (Å²) in [5.41, 5.74) is 1.81. The molecule has 0 aliphatic rings. The molecule has 108 valence electrons. The zero-order chi connectivity index (χ0) is 15.1. The Morgan fingerprint density at radius 3 is 2.62 bits per heavy atom. The van der Waals surface area contributed by atoms with Crippen LogP contribution in [0.5, 0.6) is 0 Å². The van der Waals surface area contributed by atoms with E-state index in [0.717, 1.165) is 15.6 Å². The first-order valence-electron chi connectivity index (χ1n) is 6.59. The predicted molar refractivity (Wildman–Crippen MR) is 87.6 cm³/mol. The van der Waals surface area contributed by atoms with Crippen molar-refractivity contribution >= 4 is 27.9 Å². The van der Waals surface area contributed by atoms with Gasteiger partial charge in [0.25, 0.3) is 0 Å². The van der Waals surface area contributed by atoms with Crippen LogP contribution in [-0.4, -0.2) is 17.6 Å². The summed E-state index contributed by atoms with van der Waals surface area (Å²) in [4.78, 5) is 11.9. The average molecular weight is 346 g/mol. The molecule has 0 radical (unpaired) electrons. The van der Waals surface area contributed by atoms with Crippen molar-refractivity contribution < 1.29 is 9.90 Å². The minimum absolute atomic E-state index is 0.138. The van der Waals surface area contributed by atoms with Crippen LogP contribution >= 0.6 is 15.9 Å². The van der Waals surface area contributed by atoms with Crippen LogP contribution in [0.15, 0.2) is 65.1 Å². The van der Waals surface area contributed by atoms with E-state index in [-0.39, 0.29) is 12.5 Å². The second kappa shape index (κ2) is 7.76. The molecule has 1 atom stereocenters. The van der Waals surface area contributed by atoms with Crippen LogP contribution in [0.4, 0.5) is 0 Å². The summed E-state index contributed by atoms with van der Waals surface area (Å²) in [6, 6.07) is 16.7. The van der Waals surface area contributed by atoms with E-state index >= 15 is 0 Å². The van der Waals surface area contributed by atoms with Gasteiger partial charge in [-0.2, -0.15) is 0 Å². The van der Waals surface area contributed by atoms with E-state index in [1.165, 1.54) is 6.08 Å². The van der Waals surface area contributed by atoms with Crippen LogP contribution in [0.25, 0.3) is 6.08 Å². The van der Waals surface area contributed by atoms with Gasteiger partial charge in [0.1, 0.15) is 0 Å². The maximum atomic E-state index is 11.9. The number of rotatable bonds is 5. The van der Waals surface area contributed by atoms with Gasteiger partial charge in [0.15, 0.2) is 0 Å². The van der Waals surface area contributed by atoms with Crippen LogP contribution in [0.2, 0.25) is 0 Å². The zero-order valence-corrected chi connectivity index (χ0v) is 13.0. The third-order valence-electron chi connectivity index (χ3n) is 2.98. The van der Waals surface area contributed by atoms with Crippen molar-refractivity contribution in [3.05, 3.63) is 76.3 Å². The van der Waals surface area contributed by atoms with Crippen molar-refractivity contribution in [3.8, 4) is 0 Å². The van der Waals surface area contributed by atoms with Gasteiger partial charge in [0, 0.05) is 10.5 Å². The molecule has 2 rings (SSSR count). The maximum Gasteiger partial charge on any atom is 0.244 e. The summed E-state index contributed by atoms with van der Waals surface area (Å²) in [7, 11) is 0. The van der Waals surface area contributed by atoms with Crippen LogP contribution in [0, 0.1) is 0 Å². The Labute approximate surface area is 132 Å². The third kappa shape index (κ3) is 4.85. The fourth-order valence-corrected chi connectivity index (χ4v) is 2.34. The molecule has 0 saturated heterocycles. The highest BCUT2D eigenvalue weighted by Crippen LogP contribution is 2.13. The summed E-state index contributed by atoms with van der Waals surface area (Å²) in [5.74, 6) is -0.238. The number of halogens is 1. The molecule has 1 amide bonds. The number of benzene rings is 2. The zero-order valence-electron chi connectivity index (χ0n) is 11.4. The summed E-state index contributed by atoms with van der Waals surface area (Å²) < 4.78 is 0.961. The molecule has 0 aromatic heterocycles. The van der Waals surface area contributed by atoms with Gasteiger partial charge in [-0.15, -0.1) is 0 Å². The monoisotopic (exact) mass is 345 g/mol. The van der Waals surface area contributed by atoms with E-state index in [4.69, 9.17) is 0 Å². The van der Waals surface area contributed by atoms with E-state index in [1.54, 1.807) is 6.08 Å². The van der Waals surface area contributed by atoms with Gasteiger partial charge < -0.3 is 10.4 Å². The highest BCUT2D eigenvalue weighted by atomic mass is 79.9. The number of carbonyl (C=O) groups is 1. The van der Waals surface area contributed by atoms with Gasteiger partial charge in [-0.1, -0.05) is 58.4 Å². The van der Waals surface area contributed by atoms with Crippen molar-refractivity contribution in [3.63, 3.8) is 0 Å². The van der Waals surface area contributed by atoms with E-state index in [0.29, 0.717) is 0 Å². The molecule has 0 unspecified atom stereocenters. The van der Waals surface area contributed by atoms with Crippen molar-refractivity contribution in [1.29, 1.82) is 0 Å². The van der Waals surface area contributed by atoms with Crippen molar-refractivity contribution in [1.82, 2.24) is 5.32 Å². The van der Waals surface area contributed by atoms with Gasteiger partial charge in [0.2, 0.25) is 5.91 Å². The molecule has 0 fully saturated rings. The second-order valence-electron chi connectivity index (χ2n) is 4.54. The molecule has 0 bridgehead atoms. The fraction of sp³-hybridized carbons (Fsp3) is 0.118. The van der Waals surface area contributed by atoms with Gasteiger partial charge in [0.05, 0.1) is 12.6 Å². The van der Waals surface area contributed by atoms with Crippen molar-refractivity contribution in [2.75, 3.05) is 6.61 Å². The standard InChI is InChI=1S/C17H16BrNO2/c18-15-8-4-5-13(11-15)9-10-17(21)19-16(12-20)14-6-2-1-3-7-14/h1-11,16,20H,12H2,(H,19,21)/b10-9+/t16-/m1/s1. The molecule has 0 heterocycles. The first-order chi connectivity index (χ1) is 10.2. The van der Waals surface area contributed by atoms with Crippen LogP contribution in [0.3, 0.4) is 0 Å². The molecule has 0 spiro atoms. The highest BCUT2D eigenvalue weighted by Gasteiger charge is 2.11. The van der Waals surface area contributed by atoms with Gasteiger partial charge in [-0.3, -0.25) is 4.79 Å². The molecule has 2 aromatic rings. The number of aliphatic hydroxyl groups excluding tert-OH is 1. The number of nitrogens with one attached hydrogen (secondary N) is 1. The van der Waals surface area contributed by atoms with Crippen LogP contribution < -0.4 is 5.32 Å². The highest BCUT2D eigenvalue weighted by molar-refractivity contribution is 9.10. The predicted octanol–water partition coefficient (Wildman–Crippen LogP) is 3.31. The lowest BCUT2D eigenvalue weighted by Gasteiger charge is -2.15. The number of amides is 1. The minimum Gasteiger partial charge on any atom is -0.394 e. The second-order valence-corrected chi connectivity index (χ2v) is 5.46. The molecule has 21 heavy (non-hydrogen) atoms. The van der Waals surface area contributed by atoms with Gasteiger partial charge >= 0.3 is 0 Å². The molecule has 0 aliphatic carbocycles. The van der Waals surface area contributed by atoms with E-state index in [9.17, 15) is 9.90 Å². The summed E-state index contributed by atoms with van der Waals surface area (Å²) >= 11 is 3.38. The molecular weight excluding hydrogens is 330 g/mol. The number of hydrogen-bond acceptors (Lipinski definition) is 2. The third-order valence-corrected chi connectivity index (χ3v) is 3.47. The minimum atomic E-state index is -0.397. The van der Waals surface area contributed by atoms with Crippen LogP contribution in [0.1, 0.15) is 17.2 Å². The van der Waals surface area contributed by atoms with E-state index in [2.05, 4.69) is 21.2 Å². The Balaban J connectivity index is 2.00. The number of carbonyl (C=O) groups excluding carboxylic acids is 1. The van der Waals surface area contributed by atoms with Crippen molar-refractivity contribution in [2.45, 2.75) is 6.04 Å². The lowest BCUT2D eigenvalue weighted by atomic mass is 10.1. The summed E-state index contributed by atoms with van der Waals surface area (Å²) in [5, 5.41) is 12.2. The summed E-state index contributed by atoms with van der Waals surface area (Å²) in [6.45, 7) is -0.138. The molecule has 0 aliphatic heterocycles. The first kappa shape index (κ1) is 15.5. The average Bonchev–Trinajstić information content (AvgIpc) is 2.51. The van der Waals surface area contributed by atoms with Gasteiger partial charge in [-0.05, 0) is 29.3 Å². The first-order valence-corrected chi connectivity index (χ1v) is 7.38. The molecule has 3 nitrogen and oxygen atoms in total. The van der Waals surface area contributed by atoms with Crippen LogP contribution in [-0.2, 0) is 4.79 Å². The largest absolute Gasteiger partial charge is 0.394 e. The van der Waals surface area contributed by atoms with Gasteiger partial charge in [-0.25, -0.2) is 0 Å².